The van der Waals surface area contributed by atoms with E-state index >= 15 is 0 Å². The molecule has 0 spiro atoms. The van der Waals surface area contributed by atoms with Crippen LogP contribution in [0, 0.1) is 0 Å². The topological polar surface area (TPSA) is 86.6 Å². The van der Waals surface area contributed by atoms with Gasteiger partial charge in [-0.3, -0.25) is 4.79 Å². The van der Waals surface area contributed by atoms with Crippen LogP contribution in [0.15, 0.2) is 48.5 Å². The lowest BCUT2D eigenvalue weighted by Gasteiger charge is -2.08. The average Bonchev–Trinajstić information content (AvgIpc) is 2.55. The van der Waals surface area contributed by atoms with Gasteiger partial charge in [-0.05, 0) is 28.8 Å². The summed E-state index contributed by atoms with van der Waals surface area (Å²) in [6, 6.07) is 14.0. The molecule has 0 heterocycles. The third kappa shape index (κ3) is 3.71. The van der Waals surface area contributed by atoms with E-state index in [1.807, 2.05) is 24.3 Å². The van der Waals surface area contributed by atoms with Gasteiger partial charge >= 0.3 is 5.97 Å². The molecule has 1 atom stereocenters. The van der Waals surface area contributed by atoms with E-state index in [0.717, 1.165) is 16.8 Å². The summed E-state index contributed by atoms with van der Waals surface area (Å²) >= 11 is 0. The SMILES string of the molecule is CCC(=O)Nc1ccc(-c2ccc(C(O)C(=O)O)cc2)cc1. The summed E-state index contributed by atoms with van der Waals surface area (Å²) in [5.41, 5.74) is 2.90. The molecule has 0 fully saturated rings. The van der Waals surface area contributed by atoms with E-state index in [4.69, 9.17) is 5.11 Å². The molecule has 1 unspecified atom stereocenters. The van der Waals surface area contributed by atoms with Crippen LogP contribution in [0.25, 0.3) is 11.1 Å². The van der Waals surface area contributed by atoms with E-state index < -0.39 is 12.1 Å². The lowest BCUT2D eigenvalue weighted by molar-refractivity contribution is -0.146. The van der Waals surface area contributed by atoms with E-state index in [0.29, 0.717) is 12.0 Å². The van der Waals surface area contributed by atoms with Crippen LogP contribution in [-0.4, -0.2) is 22.1 Å². The van der Waals surface area contributed by atoms with Crippen molar-refractivity contribution in [1.29, 1.82) is 0 Å². The second-order valence-corrected chi connectivity index (χ2v) is 4.84. The standard InChI is InChI=1S/C17H17NO4/c1-2-15(19)18-14-9-7-12(8-10-14)11-3-5-13(6-4-11)16(20)17(21)22/h3-10,16,20H,2H2,1H3,(H,18,19)(H,21,22). The first-order chi connectivity index (χ1) is 10.5. The van der Waals surface area contributed by atoms with E-state index in [1.165, 1.54) is 0 Å². The minimum Gasteiger partial charge on any atom is -0.479 e. The van der Waals surface area contributed by atoms with Gasteiger partial charge < -0.3 is 15.5 Å². The Balaban J connectivity index is 2.15. The summed E-state index contributed by atoms with van der Waals surface area (Å²) in [6.07, 6.45) is -1.09. The Morgan fingerprint density at radius 1 is 1.00 bits per heavy atom. The predicted octanol–water partition coefficient (Wildman–Crippen LogP) is 2.82. The van der Waals surface area contributed by atoms with Gasteiger partial charge in [0.1, 0.15) is 0 Å². The van der Waals surface area contributed by atoms with Gasteiger partial charge in [-0.15, -0.1) is 0 Å². The highest BCUT2D eigenvalue weighted by Gasteiger charge is 2.15. The average molecular weight is 299 g/mol. The number of nitrogens with one attached hydrogen (secondary N) is 1. The van der Waals surface area contributed by atoms with Crippen molar-refractivity contribution in [1.82, 2.24) is 0 Å². The Labute approximate surface area is 128 Å². The van der Waals surface area contributed by atoms with Gasteiger partial charge in [0.2, 0.25) is 5.91 Å². The van der Waals surface area contributed by atoms with Crippen LogP contribution in [0.1, 0.15) is 25.0 Å². The smallest absolute Gasteiger partial charge is 0.337 e. The summed E-state index contributed by atoms with van der Waals surface area (Å²) in [5, 5.41) is 21.0. The number of rotatable bonds is 5. The van der Waals surface area contributed by atoms with Crippen molar-refractivity contribution in [2.75, 3.05) is 5.32 Å². The van der Waals surface area contributed by atoms with Gasteiger partial charge in [-0.25, -0.2) is 4.79 Å². The van der Waals surface area contributed by atoms with Crippen LogP contribution in [0.4, 0.5) is 5.69 Å². The number of carboxylic acid groups (broad SMARTS) is 1. The van der Waals surface area contributed by atoms with Crippen LogP contribution < -0.4 is 5.32 Å². The first kappa shape index (κ1) is 15.7. The highest BCUT2D eigenvalue weighted by atomic mass is 16.4. The Kier molecular flexibility index (Phi) is 4.91. The van der Waals surface area contributed by atoms with E-state index in [9.17, 15) is 14.7 Å². The first-order valence-corrected chi connectivity index (χ1v) is 6.92. The van der Waals surface area contributed by atoms with Crippen LogP contribution in [-0.2, 0) is 9.59 Å². The number of hydrogen-bond acceptors (Lipinski definition) is 3. The number of carbonyl (C=O) groups excluding carboxylic acids is 1. The number of aliphatic hydroxyl groups excluding tert-OH is 1. The number of aliphatic hydroxyl groups is 1. The summed E-state index contributed by atoms with van der Waals surface area (Å²) in [6.45, 7) is 1.79. The normalized spacial score (nSPS) is 11.7. The van der Waals surface area contributed by atoms with Crippen LogP contribution in [0.2, 0.25) is 0 Å². The maximum absolute atomic E-state index is 11.3. The van der Waals surface area contributed by atoms with Crippen LogP contribution in [0.5, 0.6) is 0 Å². The van der Waals surface area contributed by atoms with Crippen molar-refractivity contribution >= 4 is 17.6 Å². The fourth-order valence-corrected chi connectivity index (χ4v) is 2.00. The summed E-state index contributed by atoms with van der Waals surface area (Å²) < 4.78 is 0. The fraction of sp³-hybridized carbons (Fsp3) is 0.176. The number of anilines is 1. The zero-order chi connectivity index (χ0) is 16.1. The van der Waals surface area contributed by atoms with E-state index in [1.54, 1.807) is 31.2 Å². The quantitative estimate of drug-likeness (QED) is 0.792. The third-order valence-electron chi connectivity index (χ3n) is 3.28. The molecule has 0 aromatic heterocycles. The number of amides is 1. The monoisotopic (exact) mass is 299 g/mol. The summed E-state index contributed by atoms with van der Waals surface area (Å²) in [5.74, 6) is -1.32. The molecule has 0 aliphatic rings. The first-order valence-electron chi connectivity index (χ1n) is 6.92. The molecule has 0 bridgehead atoms. The molecule has 114 valence electrons. The number of hydrogen-bond donors (Lipinski definition) is 3. The van der Waals surface area contributed by atoms with Crippen molar-refractivity contribution in [3.63, 3.8) is 0 Å². The predicted molar refractivity (Wildman–Crippen MR) is 83.4 cm³/mol. The maximum atomic E-state index is 11.3. The molecule has 0 saturated carbocycles. The maximum Gasteiger partial charge on any atom is 0.337 e. The van der Waals surface area contributed by atoms with Gasteiger partial charge in [-0.2, -0.15) is 0 Å². The van der Waals surface area contributed by atoms with Crippen molar-refractivity contribution in [2.24, 2.45) is 0 Å². The second kappa shape index (κ2) is 6.87. The lowest BCUT2D eigenvalue weighted by Crippen LogP contribution is -2.10. The summed E-state index contributed by atoms with van der Waals surface area (Å²) in [7, 11) is 0. The number of aliphatic carboxylic acids is 1. The van der Waals surface area contributed by atoms with Crippen molar-refractivity contribution in [3.8, 4) is 11.1 Å². The van der Waals surface area contributed by atoms with E-state index in [-0.39, 0.29) is 5.91 Å². The third-order valence-corrected chi connectivity index (χ3v) is 3.28. The molecule has 5 nitrogen and oxygen atoms in total. The molecular formula is C17H17NO4. The molecule has 2 aromatic carbocycles. The van der Waals surface area contributed by atoms with Gasteiger partial charge in [0.05, 0.1) is 0 Å². The fourth-order valence-electron chi connectivity index (χ4n) is 2.00. The van der Waals surface area contributed by atoms with E-state index in [2.05, 4.69) is 5.32 Å². The molecule has 2 aromatic rings. The molecule has 0 aliphatic carbocycles. The van der Waals surface area contributed by atoms with Gasteiger partial charge in [-0.1, -0.05) is 43.3 Å². The zero-order valence-corrected chi connectivity index (χ0v) is 12.1. The molecule has 22 heavy (non-hydrogen) atoms. The van der Waals surface area contributed by atoms with Gasteiger partial charge in [0.25, 0.3) is 0 Å². The molecule has 1 amide bonds. The molecular weight excluding hydrogens is 282 g/mol. The Morgan fingerprint density at radius 2 is 1.50 bits per heavy atom. The summed E-state index contributed by atoms with van der Waals surface area (Å²) in [4.78, 5) is 22.0. The Bertz CT molecular complexity index is 662. The van der Waals surface area contributed by atoms with Gasteiger partial charge in [0.15, 0.2) is 6.10 Å². The van der Waals surface area contributed by atoms with Crippen LogP contribution in [0.3, 0.4) is 0 Å². The minimum absolute atomic E-state index is 0.0419. The molecule has 2 rings (SSSR count). The number of carbonyl (C=O) groups is 2. The Morgan fingerprint density at radius 3 is 1.95 bits per heavy atom. The second-order valence-electron chi connectivity index (χ2n) is 4.84. The largest absolute Gasteiger partial charge is 0.479 e. The van der Waals surface area contributed by atoms with Crippen molar-refractivity contribution < 1.29 is 19.8 Å². The van der Waals surface area contributed by atoms with Crippen molar-refractivity contribution in [2.45, 2.75) is 19.4 Å². The van der Waals surface area contributed by atoms with Gasteiger partial charge in [0, 0.05) is 12.1 Å². The highest BCUT2D eigenvalue weighted by Crippen LogP contribution is 2.23. The zero-order valence-electron chi connectivity index (χ0n) is 12.1. The molecule has 0 saturated heterocycles. The minimum atomic E-state index is -1.51. The van der Waals surface area contributed by atoms with Crippen LogP contribution >= 0.6 is 0 Å². The Hall–Kier alpha value is -2.66. The molecule has 3 N–H and O–H groups in total. The highest BCUT2D eigenvalue weighted by molar-refractivity contribution is 5.90. The number of carboxylic acids is 1. The lowest BCUT2D eigenvalue weighted by atomic mass is 10.0. The number of benzene rings is 2. The molecule has 0 radical (unpaired) electrons. The van der Waals surface area contributed by atoms with Crippen molar-refractivity contribution in [3.05, 3.63) is 54.1 Å². The molecule has 0 aliphatic heterocycles. The molecule has 5 heteroatoms.